The number of benzene rings is 3. The van der Waals surface area contributed by atoms with Gasteiger partial charge in [-0.2, -0.15) is 10.2 Å². The van der Waals surface area contributed by atoms with E-state index in [2.05, 4.69) is 16.2 Å². The van der Waals surface area contributed by atoms with Crippen LogP contribution in [0.15, 0.2) is 59.1 Å². The third kappa shape index (κ3) is 5.77. The molecule has 2 aliphatic carbocycles. The number of hydrogen-bond donors (Lipinski definition) is 4. The largest absolute Gasteiger partial charge is 0.490 e. The maximum absolute atomic E-state index is 10.1. The van der Waals surface area contributed by atoms with Crippen molar-refractivity contribution in [2.45, 2.75) is 57.8 Å². The van der Waals surface area contributed by atoms with Crippen molar-refractivity contribution in [1.82, 2.24) is 10.1 Å². The Morgan fingerprint density at radius 1 is 1.05 bits per heavy atom. The Kier molecular flexibility index (Phi) is 8.26. The first-order valence-corrected chi connectivity index (χ1v) is 13.6. The molecular formula is C32H32N4O5. The molecule has 0 amide bonds. The molecule has 0 aliphatic heterocycles. The zero-order chi connectivity index (χ0) is 29.1. The van der Waals surface area contributed by atoms with Crippen LogP contribution in [-0.2, 0) is 12.8 Å². The number of aromatic nitrogens is 2. The predicted molar refractivity (Wildman–Crippen MR) is 153 cm³/mol. The van der Waals surface area contributed by atoms with Gasteiger partial charge in [0.15, 0.2) is 0 Å². The Bertz CT molecular complexity index is 1620. The van der Waals surface area contributed by atoms with Crippen molar-refractivity contribution < 1.29 is 24.6 Å². The fourth-order valence-corrected chi connectivity index (χ4v) is 5.40. The normalized spacial score (nSPS) is 16.9. The van der Waals surface area contributed by atoms with Crippen LogP contribution in [0.1, 0.15) is 72.3 Å². The molecule has 4 N–H and O–H groups in total. The minimum atomic E-state index is -0.432. The van der Waals surface area contributed by atoms with E-state index >= 15 is 0 Å². The lowest BCUT2D eigenvalue weighted by Crippen LogP contribution is -2.08. The van der Waals surface area contributed by atoms with Crippen LogP contribution in [0.5, 0.6) is 5.75 Å². The van der Waals surface area contributed by atoms with E-state index in [4.69, 9.17) is 19.8 Å². The van der Waals surface area contributed by atoms with E-state index in [1.54, 1.807) is 18.2 Å². The summed E-state index contributed by atoms with van der Waals surface area (Å²) in [5.41, 5.74) is 6.91. The molecule has 0 saturated heterocycles. The van der Waals surface area contributed by atoms with Crippen molar-refractivity contribution in [3.8, 4) is 34.7 Å². The van der Waals surface area contributed by atoms with Crippen molar-refractivity contribution in [2.75, 3.05) is 6.61 Å². The Hall–Kier alpha value is -4.36. The van der Waals surface area contributed by atoms with E-state index in [0.29, 0.717) is 35.0 Å². The minimum Gasteiger partial charge on any atom is -0.490 e. The molecule has 0 bridgehead atoms. The molecule has 1 heterocycles. The summed E-state index contributed by atoms with van der Waals surface area (Å²) in [5, 5.41) is 49.7. The summed E-state index contributed by atoms with van der Waals surface area (Å²) in [6.45, 7) is 3.58. The van der Waals surface area contributed by atoms with Crippen LogP contribution in [0.2, 0.25) is 0 Å². The molecule has 1 aromatic heterocycles. The monoisotopic (exact) mass is 552 g/mol. The van der Waals surface area contributed by atoms with Crippen molar-refractivity contribution in [3.05, 3.63) is 88.0 Å². The number of aliphatic hydroxyl groups is 3. The molecule has 0 radical (unpaired) electrons. The van der Waals surface area contributed by atoms with Gasteiger partial charge in [0.1, 0.15) is 11.8 Å². The lowest BCUT2D eigenvalue weighted by Gasteiger charge is -2.11. The lowest BCUT2D eigenvalue weighted by molar-refractivity contribution is 0.179. The molecule has 6 rings (SSSR count). The van der Waals surface area contributed by atoms with E-state index in [-0.39, 0.29) is 18.4 Å². The zero-order valence-electron chi connectivity index (χ0n) is 23.0. The average molecular weight is 553 g/mol. The van der Waals surface area contributed by atoms with Gasteiger partial charge in [0.25, 0.3) is 5.89 Å². The SMILES string of the molecule is CC(C)Oc1ccc(-c2nc(-c3cccc4c3CC[C@@H]4O)no2)cc1C#N.N=C(CO)c1cccc2c1CC[C@@H]2O. The van der Waals surface area contributed by atoms with Crippen molar-refractivity contribution in [3.63, 3.8) is 0 Å². The van der Waals surface area contributed by atoms with E-state index < -0.39 is 12.2 Å². The van der Waals surface area contributed by atoms with Gasteiger partial charge in [-0.1, -0.05) is 41.6 Å². The summed E-state index contributed by atoms with van der Waals surface area (Å²) in [7, 11) is 0. The molecule has 9 nitrogen and oxygen atoms in total. The molecule has 0 saturated carbocycles. The predicted octanol–water partition coefficient (Wildman–Crippen LogP) is 5.07. The van der Waals surface area contributed by atoms with Gasteiger partial charge < -0.3 is 30.0 Å². The number of hydrogen-bond acceptors (Lipinski definition) is 9. The van der Waals surface area contributed by atoms with Gasteiger partial charge in [-0.25, -0.2) is 0 Å². The Balaban J connectivity index is 0.000000202. The zero-order valence-corrected chi connectivity index (χ0v) is 23.0. The molecule has 9 heteroatoms. The average Bonchev–Trinajstić information content (AvgIpc) is 3.72. The van der Waals surface area contributed by atoms with Crippen molar-refractivity contribution >= 4 is 5.71 Å². The molecule has 3 aromatic carbocycles. The van der Waals surface area contributed by atoms with Crippen molar-refractivity contribution in [2.24, 2.45) is 0 Å². The Morgan fingerprint density at radius 2 is 1.73 bits per heavy atom. The van der Waals surface area contributed by atoms with Gasteiger partial charge in [0, 0.05) is 16.7 Å². The fraction of sp³-hybridized carbons (Fsp3) is 0.312. The first kappa shape index (κ1) is 28.2. The van der Waals surface area contributed by atoms with E-state index in [0.717, 1.165) is 52.6 Å². The first-order valence-electron chi connectivity index (χ1n) is 13.6. The molecule has 2 atom stereocenters. The van der Waals surface area contributed by atoms with Crippen LogP contribution >= 0.6 is 0 Å². The molecule has 210 valence electrons. The number of nitrogens with zero attached hydrogens (tertiary/aromatic N) is 3. The highest BCUT2D eigenvalue weighted by atomic mass is 16.5. The van der Waals surface area contributed by atoms with Crippen molar-refractivity contribution in [1.29, 1.82) is 10.7 Å². The smallest absolute Gasteiger partial charge is 0.258 e. The molecule has 2 aliphatic rings. The van der Waals surface area contributed by atoms with Crippen LogP contribution in [0.3, 0.4) is 0 Å². The summed E-state index contributed by atoms with van der Waals surface area (Å²) < 4.78 is 11.1. The van der Waals surface area contributed by atoms with Crippen LogP contribution in [-0.4, -0.2) is 43.9 Å². The quantitative estimate of drug-likeness (QED) is 0.242. The second kappa shape index (κ2) is 12.0. The summed E-state index contributed by atoms with van der Waals surface area (Å²) >= 11 is 0. The standard InChI is InChI=1S/C21H19N3O3.C11H13NO2/c1-12(2)26-19-9-6-13(10-14(19)11-22)21-23-20(24-27-21)17-5-3-4-16-15(17)7-8-18(16)25;12-10(6-13)8-2-1-3-9-7(8)4-5-11(9)14/h3-6,9-10,12,18,25H,7-8H2,1-2H3;1-3,11-14H,4-6H2/t18-;11-/m00/s1. The highest BCUT2D eigenvalue weighted by Crippen LogP contribution is 2.37. The van der Waals surface area contributed by atoms with Crippen LogP contribution in [0.4, 0.5) is 0 Å². The second-order valence-electron chi connectivity index (χ2n) is 10.4. The van der Waals surface area contributed by atoms with Gasteiger partial charge in [-0.15, -0.1) is 0 Å². The summed E-state index contributed by atoms with van der Waals surface area (Å²) in [6, 6.07) is 18.7. The third-order valence-corrected chi connectivity index (χ3v) is 7.34. The number of fused-ring (bicyclic) bond motifs is 2. The number of rotatable bonds is 6. The topological polar surface area (TPSA) is 156 Å². The first-order chi connectivity index (χ1) is 19.8. The molecule has 4 aromatic rings. The van der Waals surface area contributed by atoms with Gasteiger partial charge in [0.05, 0.1) is 36.2 Å². The third-order valence-electron chi connectivity index (χ3n) is 7.34. The molecular weight excluding hydrogens is 520 g/mol. The van der Waals surface area contributed by atoms with Gasteiger partial charge >= 0.3 is 0 Å². The van der Waals surface area contributed by atoms with E-state index in [9.17, 15) is 15.5 Å². The lowest BCUT2D eigenvalue weighted by atomic mass is 9.99. The van der Waals surface area contributed by atoms with E-state index in [1.807, 2.05) is 50.2 Å². The molecule has 0 fully saturated rings. The van der Waals surface area contributed by atoms with Gasteiger partial charge in [0.2, 0.25) is 5.82 Å². The number of nitriles is 1. The van der Waals surface area contributed by atoms with Gasteiger partial charge in [-0.3, -0.25) is 0 Å². The van der Waals surface area contributed by atoms with Crippen LogP contribution < -0.4 is 4.74 Å². The Labute approximate surface area is 238 Å². The van der Waals surface area contributed by atoms with E-state index in [1.165, 1.54) is 0 Å². The maximum atomic E-state index is 10.1. The fourth-order valence-electron chi connectivity index (χ4n) is 5.40. The number of nitrogens with one attached hydrogen (secondary N) is 1. The molecule has 0 spiro atoms. The summed E-state index contributed by atoms with van der Waals surface area (Å²) in [6.07, 6.45) is 2.18. The second-order valence-corrected chi connectivity index (χ2v) is 10.4. The van der Waals surface area contributed by atoms with Gasteiger partial charge in [-0.05, 0) is 80.0 Å². The van der Waals surface area contributed by atoms with Crippen LogP contribution in [0, 0.1) is 16.7 Å². The minimum absolute atomic E-state index is 0.0199. The summed E-state index contributed by atoms with van der Waals surface area (Å²) in [4.78, 5) is 4.51. The highest BCUT2D eigenvalue weighted by Gasteiger charge is 2.25. The Morgan fingerprint density at radius 3 is 2.41 bits per heavy atom. The summed E-state index contributed by atoms with van der Waals surface area (Å²) in [5.74, 6) is 1.36. The highest BCUT2D eigenvalue weighted by molar-refractivity contribution is 6.00. The molecule has 0 unspecified atom stereocenters. The number of aliphatic hydroxyl groups excluding tert-OH is 3. The molecule has 41 heavy (non-hydrogen) atoms. The number of ether oxygens (including phenoxy) is 1. The maximum Gasteiger partial charge on any atom is 0.258 e. The van der Waals surface area contributed by atoms with Crippen LogP contribution in [0.25, 0.3) is 22.8 Å².